The third kappa shape index (κ3) is 6.42. The third-order valence-corrected chi connectivity index (χ3v) is 5.79. The summed E-state index contributed by atoms with van der Waals surface area (Å²) in [4.78, 5) is 32.8. The van der Waals surface area contributed by atoms with Crippen molar-refractivity contribution in [2.75, 3.05) is 6.54 Å². The number of carboxylic acids is 1. The fourth-order valence-corrected chi connectivity index (χ4v) is 3.98. The predicted octanol–water partition coefficient (Wildman–Crippen LogP) is 3.38. The van der Waals surface area contributed by atoms with Gasteiger partial charge in [-0.1, -0.05) is 0 Å². The zero-order chi connectivity index (χ0) is 24.2. The predicted molar refractivity (Wildman–Crippen MR) is 111 cm³/mol. The number of nitrogens with one attached hydrogen (secondary N) is 1. The van der Waals surface area contributed by atoms with Gasteiger partial charge in [0.2, 0.25) is 0 Å². The molecule has 4 heterocycles. The van der Waals surface area contributed by atoms with Crippen molar-refractivity contribution >= 4 is 23.2 Å². The third-order valence-electron chi connectivity index (χ3n) is 4.84. The second-order valence-corrected chi connectivity index (χ2v) is 8.21. The molecule has 0 bridgehead atoms. The molecule has 1 aliphatic rings. The summed E-state index contributed by atoms with van der Waals surface area (Å²) >= 11 is 1.69. The molecule has 0 saturated heterocycles. The Morgan fingerprint density at radius 1 is 1.33 bits per heavy atom. The molecular formula is C20H22F3N5O4S. The lowest BCUT2D eigenvalue weighted by Crippen LogP contribution is -2.36. The van der Waals surface area contributed by atoms with E-state index in [0.29, 0.717) is 12.2 Å². The number of alkyl halides is 3. The van der Waals surface area contributed by atoms with Crippen LogP contribution in [0.2, 0.25) is 0 Å². The van der Waals surface area contributed by atoms with E-state index in [1.54, 1.807) is 23.7 Å². The Bertz CT molecular complexity index is 1090. The highest BCUT2D eigenvalue weighted by Crippen LogP contribution is 2.27. The molecule has 1 unspecified atom stereocenters. The average molecular weight is 485 g/mol. The molecule has 0 fully saturated rings. The van der Waals surface area contributed by atoms with Crippen LogP contribution in [-0.4, -0.2) is 49.1 Å². The lowest BCUT2D eigenvalue weighted by molar-refractivity contribution is -0.192. The molecule has 0 aromatic carbocycles. The van der Waals surface area contributed by atoms with Crippen LogP contribution < -0.4 is 5.32 Å². The van der Waals surface area contributed by atoms with Crippen molar-refractivity contribution in [3.8, 4) is 0 Å². The Balaban J connectivity index is 0.000000383. The van der Waals surface area contributed by atoms with E-state index >= 15 is 0 Å². The van der Waals surface area contributed by atoms with Gasteiger partial charge in [-0.3, -0.25) is 9.69 Å². The fraction of sp³-hybridized carbons (Fsp3) is 0.400. The summed E-state index contributed by atoms with van der Waals surface area (Å²) in [6, 6.07) is 3.77. The van der Waals surface area contributed by atoms with E-state index in [1.807, 2.05) is 19.2 Å². The van der Waals surface area contributed by atoms with E-state index in [-0.39, 0.29) is 11.9 Å². The van der Waals surface area contributed by atoms with Crippen molar-refractivity contribution in [2.45, 2.75) is 45.7 Å². The number of aliphatic carboxylic acids is 1. The summed E-state index contributed by atoms with van der Waals surface area (Å²) < 4.78 is 39.1. The quantitative estimate of drug-likeness (QED) is 0.570. The molecular weight excluding hydrogens is 463 g/mol. The van der Waals surface area contributed by atoms with Gasteiger partial charge in [0.25, 0.3) is 5.91 Å². The number of carbonyl (C=O) groups is 2. The van der Waals surface area contributed by atoms with Crippen LogP contribution >= 0.6 is 11.3 Å². The van der Waals surface area contributed by atoms with Gasteiger partial charge < -0.3 is 19.4 Å². The van der Waals surface area contributed by atoms with Crippen molar-refractivity contribution < 1.29 is 32.3 Å². The Morgan fingerprint density at radius 3 is 2.64 bits per heavy atom. The van der Waals surface area contributed by atoms with E-state index in [4.69, 9.17) is 14.3 Å². The first-order valence-corrected chi connectivity index (χ1v) is 10.8. The maximum atomic E-state index is 12.4. The molecule has 178 valence electrons. The summed E-state index contributed by atoms with van der Waals surface area (Å²) in [5.41, 5.74) is 1.51. The van der Waals surface area contributed by atoms with E-state index < -0.39 is 12.1 Å². The van der Waals surface area contributed by atoms with Gasteiger partial charge in [-0.05, 0) is 26.0 Å². The number of nitrogens with zero attached hydrogens (tertiary/aromatic N) is 4. The highest BCUT2D eigenvalue weighted by Gasteiger charge is 2.38. The number of aryl methyl sites for hydroxylation is 1. The van der Waals surface area contributed by atoms with Gasteiger partial charge in [0, 0.05) is 30.4 Å². The van der Waals surface area contributed by atoms with Gasteiger partial charge in [-0.2, -0.15) is 13.2 Å². The van der Waals surface area contributed by atoms with E-state index in [1.165, 1.54) is 0 Å². The van der Waals surface area contributed by atoms with Crippen LogP contribution in [0.3, 0.4) is 0 Å². The van der Waals surface area contributed by atoms with Crippen LogP contribution in [0.5, 0.6) is 0 Å². The monoisotopic (exact) mass is 485 g/mol. The fourth-order valence-electron chi connectivity index (χ4n) is 3.18. The first-order valence-electron chi connectivity index (χ1n) is 9.87. The second kappa shape index (κ2) is 10.2. The standard InChI is InChI=1S/C18H21N5O2S.C2HF3O2/c1-12-11-26-16(20-12)10-22-5-6-23-9-15(21-17(23)13(22)2)18(24)19-8-14-4-3-7-25-14;3-2(4,5)1(6)7/h3-4,7,9,11,13H,5-6,8,10H2,1-2H3,(H,19,24);(H,6,7). The van der Waals surface area contributed by atoms with E-state index in [9.17, 15) is 18.0 Å². The maximum absolute atomic E-state index is 12.4. The first kappa shape index (κ1) is 24.5. The topological polar surface area (TPSA) is 113 Å². The molecule has 1 aliphatic heterocycles. The van der Waals surface area contributed by atoms with E-state index in [2.05, 4.69) is 37.1 Å². The molecule has 0 spiro atoms. The molecule has 2 N–H and O–H groups in total. The van der Waals surface area contributed by atoms with E-state index in [0.717, 1.165) is 41.9 Å². The van der Waals surface area contributed by atoms with Gasteiger partial charge >= 0.3 is 12.1 Å². The number of rotatable bonds is 5. The van der Waals surface area contributed by atoms with Gasteiger partial charge in [0.15, 0.2) is 0 Å². The number of hydrogen-bond acceptors (Lipinski definition) is 7. The SMILES string of the molecule is Cc1csc(CN2CCn3cc(C(=O)NCc4ccco4)nc3C2C)n1.O=C(O)C(F)(F)F. The zero-order valence-electron chi connectivity index (χ0n) is 17.8. The normalized spacial score (nSPS) is 16.0. The number of furan rings is 1. The molecule has 13 heteroatoms. The Kier molecular flexibility index (Phi) is 7.53. The largest absolute Gasteiger partial charge is 0.490 e. The number of imidazole rings is 1. The summed E-state index contributed by atoms with van der Waals surface area (Å²) in [6.45, 7) is 7.05. The Morgan fingerprint density at radius 2 is 2.06 bits per heavy atom. The van der Waals surface area contributed by atoms with Crippen LogP contribution in [0.15, 0.2) is 34.4 Å². The van der Waals surface area contributed by atoms with Crippen molar-refractivity contribution in [1.82, 2.24) is 24.8 Å². The van der Waals surface area contributed by atoms with Crippen molar-refractivity contribution in [2.24, 2.45) is 0 Å². The number of hydrogen-bond donors (Lipinski definition) is 2. The molecule has 1 amide bonds. The maximum Gasteiger partial charge on any atom is 0.490 e. The molecule has 0 aliphatic carbocycles. The molecule has 33 heavy (non-hydrogen) atoms. The first-order chi connectivity index (χ1) is 15.5. The zero-order valence-corrected chi connectivity index (χ0v) is 18.6. The minimum absolute atomic E-state index is 0.138. The molecule has 0 radical (unpaired) electrons. The number of carbonyl (C=O) groups excluding carboxylic acids is 1. The molecule has 9 nitrogen and oxygen atoms in total. The number of halogens is 3. The number of fused-ring (bicyclic) bond motifs is 1. The van der Waals surface area contributed by atoms with Gasteiger partial charge in [-0.15, -0.1) is 11.3 Å². The van der Waals surface area contributed by atoms with Crippen molar-refractivity contribution in [3.05, 3.63) is 58.0 Å². The second-order valence-electron chi connectivity index (χ2n) is 7.27. The number of amides is 1. The summed E-state index contributed by atoms with van der Waals surface area (Å²) in [5, 5.41) is 13.2. The van der Waals surface area contributed by atoms with Crippen LogP contribution in [-0.2, 0) is 24.4 Å². The molecule has 0 saturated carbocycles. The van der Waals surface area contributed by atoms with Crippen LogP contribution in [0.4, 0.5) is 13.2 Å². The highest BCUT2D eigenvalue weighted by atomic mass is 32.1. The lowest BCUT2D eigenvalue weighted by atomic mass is 10.2. The lowest BCUT2D eigenvalue weighted by Gasteiger charge is -2.32. The Hall–Kier alpha value is -3.19. The van der Waals surface area contributed by atoms with Gasteiger partial charge in [0.1, 0.15) is 22.3 Å². The van der Waals surface area contributed by atoms with Crippen molar-refractivity contribution in [1.29, 1.82) is 0 Å². The minimum atomic E-state index is -5.08. The van der Waals surface area contributed by atoms with Crippen molar-refractivity contribution in [3.63, 3.8) is 0 Å². The molecule has 1 atom stereocenters. The molecule has 4 rings (SSSR count). The van der Waals surface area contributed by atoms with Gasteiger partial charge in [0.05, 0.1) is 25.4 Å². The Labute approximate surface area is 190 Å². The smallest absolute Gasteiger partial charge is 0.475 e. The number of aromatic nitrogens is 3. The highest BCUT2D eigenvalue weighted by molar-refractivity contribution is 7.09. The van der Waals surface area contributed by atoms with Gasteiger partial charge in [-0.25, -0.2) is 14.8 Å². The average Bonchev–Trinajstić information content (AvgIpc) is 3.49. The summed E-state index contributed by atoms with van der Waals surface area (Å²) in [6.07, 6.45) is -1.65. The minimum Gasteiger partial charge on any atom is -0.475 e. The number of thiazole rings is 1. The summed E-state index contributed by atoms with van der Waals surface area (Å²) in [5.74, 6) is -1.29. The van der Waals surface area contributed by atoms with Crippen LogP contribution in [0.1, 0.15) is 45.7 Å². The molecule has 3 aromatic rings. The number of carboxylic acid groups (broad SMARTS) is 1. The summed E-state index contributed by atoms with van der Waals surface area (Å²) in [7, 11) is 0. The molecule has 3 aromatic heterocycles. The van der Waals surface area contributed by atoms with Crippen LogP contribution in [0, 0.1) is 6.92 Å². The van der Waals surface area contributed by atoms with Crippen LogP contribution in [0.25, 0.3) is 0 Å².